The maximum Gasteiger partial charge on any atom is 0.343 e. The zero-order chi connectivity index (χ0) is 34.3. The highest BCUT2D eigenvalue weighted by atomic mass is 35.5. The van der Waals surface area contributed by atoms with Gasteiger partial charge in [0.2, 0.25) is 11.3 Å². The summed E-state index contributed by atoms with van der Waals surface area (Å²) in [5.74, 6) is -2.66. The predicted octanol–water partition coefficient (Wildman–Crippen LogP) is 7.66. The van der Waals surface area contributed by atoms with Crippen LogP contribution in [-0.2, 0) is 20.4 Å². The highest BCUT2D eigenvalue weighted by Gasteiger charge is 2.38. The average Bonchev–Trinajstić information content (AvgIpc) is 3.42. The Kier molecular flexibility index (Phi) is 10.4. The number of esters is 1. The van der Waals surface area contributed by atoms with Crippen LogP contribution in [0.5, 0.6) is 5.75 Å². The van der Waals surface area contributed by atoms with Gasteiger partial charge in [-0.3, -0.25) is 9.59 Å². The number of anilines is 1. The quantitative estimate of drug-likeness (QED) is 0.125. The third-order valence-corrected chi connectivity index (χ3v) is 14.2. The number of carbonyl (C=O) groups is 2. The number of ether oxygens (including phenoxy) is 2. The zero-order valence-corrected chi connectivity index (χ0v) is 29.7. The maximum absolute atomic E-state index is 15.4. The van der Waals surface area contributed by atoms with Crippen molar-refractivity contribution in [1.29, 1.82) is 0 Å². The minimum atomic E-state index is -2.16. The molecule has 0 saturated carbocycles. The number of pyridine rings is 1. The number of fused-ring (bicyclic) bond motifs is 1. The van der Waals surface area contributed by atoms with Crippen molar-refractivity contribution in [2.24, 2.45) is 5.92 Å². The summed E-state index contributed by atoms with van der Waals surface area (Å²) in [5, 5.41) is -0.556. The van der Waals surface area contributed by atoms with Gasteiger partial charge in [-0.2, -0.15) is 0 Å². The van der Waals surface area contributed by atoms with Gasteiger partial charge in [0.25, 0.3) is 0 Å². The van der Waals surface area contributed by atoms with E-state index in [2.05, 4.69) is 33.9 Å². The van der Waals surface area contributed by atoms with Crippen LogP contribution in [0.15, 0.2) is 29.2 Å². The Morgan fingerprint density at radius 1 is 1.07 bits per heavy atom. The Hall–Kier alpha value is -3.28. The van der Waals surface area contributed by atoms with Crippen LogP contribution in [0.4, 0.5) is 14.5 Å². The van der Waals surface area contributed by atoms with Gasteiger partial charge in [0.05, 0.1) is 38.1 Å². The molecule has 46 heavy (non-hydrogen) atoms. The van der Waals surface area contributed by atoms with E-state index < -0.39 is 36.4 Å². The molecule has 1 aliphatic rings. The lowest BCUT2D eigenvalue weighted by molar-refractivity contribution is -0.117. The van der Waals surface area contributed by atoms with Crippen LogP contribution in [0.3, 0.4) is 0 Å². The van der Waals surface area contributed by atoms with Crippen molar-refractivity contribution < 1.29 is 32.3 Å². The molecule has 0 N–H and O–H groups in total. The summed E-state index contributed by atoms with van der Waals surface area (Å²) in [4.78, 5) is 40.3. The standard InChI is InChI=1S/C34H43ClF2N2O6Si/c1-19(2)26(18-45-46(8,9)34(3,4)5)39-17-23(33(42)44-7)32(41)22-14-20(27(43-6)16-24(22)39)13-21-15-25(31(37)29(35)30(21)36)38-12-10-11-28(38)40/h14-17,19,26H,10-13,18H2,1-9H3/t26-/m1/s1. The predicted molar refractivity (Wildman–Crippen MR) is 179 cm³/mol. The molecule has 8 nitrogen and oxygen atoms in total. The smallest absolute Gasteiger partial charge is 0.343 e. The number of methoxy groups -OCH3 is 2. The largest absolute Gasteiger partial charge is 0.496 e. The van der Waals surface area contributed by atoms with Crippen LogP contribution in [0.2, 0.25) is 23.2 Å². The number of hydrogen-bond acceptors (Lipinski definition) is 6. The zero-order valence-electron chi connectivity index (χ0n) is 28.0. The summed E-state index contributed by atoms with van der Waals surface area (Å²) < 4.78 is 49.7. The molecule has 1 fully saturated rings. The molecule has 0 aliphatic carbocycles. The molecule has 2 aromatic carbocycles. The second kappa shape index (κ2) is 13.4. The summed E-state index contributed by atoms with van der Waals surface area (Å²) in [6, 6.07) is 4.25. The first-order chi connectivity index (χ1) is 21.4. The van der Waals surface area contributed by atoms with E-state index in [9.17, 15) is 14.4 Å². The SMILES string of the molecule is COC(=O)c1cn([C@H](CO[Si](C)(C)C(C)(C)C)C(C)C)c2cc(OC)c(Cc3cc(N4CCCC4=O)c(F)c(Cl)c3F)cc2c1=O. The molecule has 12 heteroatoms. The van der Waals surface area contributed by atoms with Gasteiger partial charge in [0.15, 0.2) is 14.1 Å². The van der Waals surface area contributed by atoms with Crippen molar-refractivity contribution in [2.75, 3.05) is 32.3 Å². The van der Waals surface area contributed by atoms with Gasteiger partial charge < -0.3 is 23.4 Å². The lowest BCUT2D eigenvalue weighted by Gasteiger charge is -2.38. The fraction of sp³-hybridized carbons (Fsp3) is 0.500. The van der Waals surface area contributed by atoms with Gasteiger partial charge in [-0.25, -0.2) is 13.6 Å². The molecular formula is C34H43ClF2N2O6Si. The Morgan fingerprint density at radius 3 is 2.28 bits per heavy atom. The van der Waals surface area contributed by atoms with Gasteiger partial charge in [-0.1, -0.05) is 46.2 Å². The number of carbonyl (C=O) groups excluding carboxylic acids is 2. The molecule has 1 saturated heterocycles. The van der Waals surface area contributed by atoms with Crippen molar-refractivity contribution in [1.82, 2.24) is 4.57 Å². The fourth-order valence-corrected chi connectivity index (χ4v) is 6.70. The van der Waals surface area contributed by atoms with Crippen molar-refractivity contribution in [3.63, 3.8) is 0 Å². The number of rotatable bonds is 10. The molecule has 1 atom stereocenters. The summed E-state index contributed by atoms with van der Waals surface area (Å²) in [6.07, 6.45) is 2.18. The summed E-state index contributed by atoms with van der Waals surface area (Å²) in [5.41, 5.74) is 0.105. The van der Waals surface area contributed by atoms with Gasteiger partial charge >= 0.3 is 5.97 Å². The Balaban J connectivity index is 1.91. The van der Waals surface area contributed by atoms with Crippen molar-refractivity contribution in [3.05, 3.63) is 68.0 Å². The second-order valence-electron chi connectivity index (χ2n) is 13.7. The lowest BCUT2D eigenvalue weighted by atomic mass is 9.98. The number of benzene rings is 2. The molecule has 4 rings (SSSR count). The number of hydrogen-bond donors (Lipinski definition) is 0. The normalized spacial score (nSPS) is 14.8. The van der Waals surface area contributed by atoms with Crippen molar-refractivity contribution >= 4 is 48.4 Å². The molecule has 250 valence electrons. The number of nitrogens with zero attached hydrogens (tertiary/aromatic N) is 2. The number of aromatic nitrogens is 1. The van der Waals surface area contributed by atoms with Crippen molar-refractivity contribution in [3.8, 4) is 5.75 Å². The Morgan fingerprint density at radius 2 is 1.74 bits per heavy atom. The van der Waals surface area contributed by atoms with E-state index in [1.807, 2.05) is 18.4 Å². The molecule has 3 aromatic rings. The molecule has 0 unspecified atom stereocenters. The average molecular weight is 677 g/mol. The third-order valence-electron chi connectivity index (χ3n) is 9.34. The van der Waals surface area contributed by atoms with E-state index in [0.717, 1.165) is 0 Å². The van der Waals surface area contributed by atoms with E-state index in [0.29, 0.717) is 36.4 Å². The van der Waals surface area contributed by atoms with Gasteiger partial charge in [-0.05, 0) is 53.7 Å². The summed E-state index contributed by atoms with van der Waals surface area (Å²) in [7, 11) is 0.506. The lowest BCUT2D eigenvalue weighted by Crippen LogP contribution is -2.42. The fourth-order valence-electron chi connectivity index (χ4n) is 5.46. The van der Waals surface area contributed by atoms with Crippen LogP contribution < -0.4 is 15.1 Å². The van der Waals surface area contributed by atoms with Crippen LogP contribution in [-0.4, -0.2) is 52.1 Å². The molecule has 1 aliphatic heterocycles. The number of amides is 1. The molecule has 1 amide bonds. The number of halogens is 3. The van der Waals surface area contributed by atoms with Crippen molar-refractivity contribution in [2.45, 2.75) is 78.1 Å². The molecular weight excluding hydrogens is 634 g/mol. The highest BCUT2D eigenvalue weighted by molar-refractivity contribution is 6.74. The van der Waals surface area contributed by atoms with E-state index in [1.54, 1.807) is 12.1 Å². The van der Waals surface area contributed by atoms with E-state index in [-0.39, 0.29) is 57.9 Å². The second-order valence-corrected chi connectivity index (χ2v) is 18.8. The van der Waals surface area contributed by atoms with Crippen LogP contribution >= 0.6 is 11.6 Å². The minimum absolute atomic E-state index is 0.0195. The first-order valence-electron chi connectivity index (χ1n) is 15.4. The molecule has 0 bridgehead atoms. The minimum Gasteiger partial charge on any atom is -0.496 e. The van der Waals surface area contributed by atoms with Crippen LogP contribution in [0.1, 0.15) is 75.0 Å². The monoisotopic (exact) mass is 676 g/mol. The van der Waals surface area contributed by atoms with E-state index in [1.165, 1.54) is 31.4 Å². The van der Waals surface area contributed by atoms with Crippen LogP contribution in [0, 0.1) is 17.6 Å². The Labute approximate surface area is 274 Å². The Bertz CT molecular complexity index is 1730. The summed E-state index contributed by atoms with van der Waals surface area (Å²) >= 11 is 6.09. The molecule has 0 spiro atoms. The third kappa shape index (κ3) is 6.73. The van der Waals surface area contributed by atoms with Gasteiger partial charge in [-0.15, -0.1) is 0 Å². The van der Waals surface area contributed by atoms with Gasteiger partial charge in [0, 0.05) is 37.0 Å². The van der Waals surface area contributed by atoms with Gasteiger partial charge in [0.1, 0.15) is 22.2 Å². The topological polar surface area (TPSA) is 87.1 Å². The summed E-state index contributed by atoms with van der Waals surface area (Å²) in [6.45, 7) is 15.5. The molecule has 1 aromatic heterocycles. The van der Waals surface area contributed by atoms with Crippen LogP contribution in [0.25, 0.3) is 10.9 Å². The first-order valence-corrected chi connectivity index (χ1v) is 18.7. The first kappa shape index (κ1) is 35.6. The van der Waals surface area contributed by atoms with E-state index >= 15 is 8.78 Å². The maximum atomic E-state index is 15.4. The van der Waals surface area contributed by atoms with E-state index in [4.69, 9.17) is 25.5 Å². The highest BCUT2D eigenvalue weighted by Crippen LogP contribution is 2.39. The molecule has 2 heterocycles. The molecule has 0 radical (unpaired) electrons.